The second kappa shape index (κ2) is 4.21. The second-order valence-corrected chi connectivity index (χ2v) is 4.08. The number of aromatic nitrogens is 3. The smallest absolute Gasteiger partial charge is 0.303 e. The van der Waals surface area contributed by atoms with Gasteiger partial charge in [-0.1, -0.05) is 0 Å². The summed E-state index contributed by atoms with van der Waals surface area (Å²) >= 11 is 3.36. The molecule has 6 heteroatoms. The Kier molecular flexibility index (Phi) is 2.91. The molecule has 16 heavy (non-hydrogen) atoms. The van der Waals surface area contributed by atoms with Crippen molar-refractivity contribution < 1.29 is 9.53 Å². The summed E-state index contributed by atoms with van der Waals surface area (Å²) in [6.07, 6.45) is 3.48. The molecular formula is C10H10BrN3O2. The zero-order valence-corrected chi connectivity index (χ0v) is 10.5. The highest BCUT2D eigenvalue weighted by Gasteiger charge is 2.12. The van der Waals surface area contributed by atoms with Crippen molar-refractivity contribution in [1.82, 2.24) is 14.4 Å². The first-order valence-corrected chi connectivity index (χ1v) is 5.50. The number of hydrogen-bond acceptors (Lipinski definition) is 4. The van der Waals surface area contributed by atoms with Gasteiger partial charge in [-0.2, -0.15) is 0 Å². The van der Waals surface area contributed by atoms with E-state index in [-0.39, 0.29) is 12.6 Å². The van der Waals surface area contributed by atoms with E-state index in [9.17, 15) is 4.79 Å². The Balaban J connectivity index is 2.47. The molecular weight excluding hydrogens is 274 g/mol. The first-order chi connectivity index (χ1) is 7.59. The van der Waals surface area contributed by atoms with E-state index < -0.39 is 0 Å². The third kappa shape index (κ3) is 1.92. The Morgan fingerprint density at radius 1 is 1.62 bits per heavy atom. The molecule has 5 nitrogen and oxygen atoms in total. The lowest BCUT2D eigenvalue weighted by Crippen LogP contribution is -2.03. The Hall–Kier alpha value is -1.43. The third-order valence-corrected chi connectivity index (χ3v) is 2.73. The molecule has 0 fully saturated rings. The number of ether oxygens (including phenoxy) is 1. The van der Waals surface area contributed by atoms with Gasteiger partial charge in [-0.3, -0.25) is 14.2 Å². The summed E-state index contributed by atoms with van der Waals surface area (Å²) in [5.41, 5.74) is 1.76. The highest BCUT2D eigenvalue weighted by molar-refractivity contribution is 9.10. The van der Waals surface area contributed by atoms with E-state index in [1.54, 1.807) is 12.4 Å². The molecule has 0 spiro atoms. The van der Waals surface area contributed by atoms with E-state index in [4.69, 9.17) is 4.74 Å². The Morgan fingerprint density at radius 3 is 3.06 bits per heavy atom. The van der Waals surface area contributed by atoms with Crippen LogP contribution in [0.15, 0.2) is 17.0 Å². The van der Waals surface area contributed by atoms with Crippen molar-refractivity contribution in [3.05, 3.63) is 28.5 Å². The number of carbonyl (C=O) groups is 1. The van der Waals surface area contributed by atoms with Crippen LogP contribution in [0.1, 0.15) is 18.4 Å². The molecule has 0 radical (unpaired) electrons. The number of nitrogens with zero attached hydrogens (tertiary/aromatic N) is 3. The van der Waals surface area contributed by atoms with E-state index >= 15 is 0 Å². The second-order valence-electron chi connectivity index (χ2n) is 3.33. The van der Waals surface area contributed by atoms with Crippen LogP contribution in [0.5, 0.6) is 0 Å². The maximum atomic E-state index is 10.7. The van der Waals surface area contributed by atoms with Crippen molar-refractivity contribution in [2.45, 2.75) is 20.5 Å². The number of fused-ring (bicyclic) bond motifs is 1. The monoisotopic (exact) mass is 283 g/mol. The minimum absolute atomic E-state index is 0.158. The van der Waals surface area contributed by atoms with Crippen molar-refractivity contribution in [2.75, 3.05) is 0 Å². The Morgan fingerprint density at radius 2 is 2.38 bits per heavy atom. The number of carbonyl (C=O) groups excluding carboxylic acids is 1. The molecule has 2 heterocycles. The van der Waals surface area contributed by atoms with Crippen LogP contribution in [-0.2, 0) is 16.1 Å². The number of rotatable bonds is 2. The van der Waals surface area contributed by atoms with Crippen LogP contribution in [0, 0.1) is 6.92 Å². The number of esters is 1. The summed E-state index contributed by atoms with van der Waals surface area (Å²) in [4.78, 5) is 19.2. The van der Waals surface area contributed by atoms with Gasteiger partial charge in [0.2, 0.25) is 0 Å². The average Bonchev–Trinajstić information content (AvgIpc) is 2.54. The number of hydrogen-bond donors (Lipinski definition) is 0. The van der Waals surface area contributed by atoms with Crippen LogP contribution in [0.3, 0.4) is 0 Å². The molecule has 0 saturated carbocycles. The highest BCUT2D eigenvalue weighted by Crippen LogP contribution is 2.21. The van der Waals surface area contributed by atoms with E-state index in [0.29, 0.717) is 10.4 Å². The van der Waals surface area contributed by atoms with Gasteiger partial charge in [-0.05, 0) is 22.9 Å². The van der Waals surface area contributed by atoms with Gasteiger partial charge in [-0.25, -0.2) is 4.98 Å². The molecule has 2 aromatic heterocycles. The first kappa shape index (κ1) is 11.1. The van der Waals surface area contributed by atoms with Crippen LogP contribution < -0.4 is 0 Å². The van der Waals surface area contributed by atoms with Crippen LogP contribution in [-0.4, -0.2) is 20.3 Å². The van der Waals surface area contributed by atoms with E-state index in [0.717, 1.165) is 11.2 Å². The van der Waals surface area contributed by atoms with Crippen molar-refractivity contribution in [1.29, 1.82) is 0 Å². The van der Waals surface area contributed by atoms with Gasteiger partial charge >= 0.3 is 5.97 Å². The maximum Gasteiger partial charge on any atom is 0.303 e. The Bertz CT molecular complexity index is 550. The summed E-state index contributed by atoms with van der Waals surface area (Å²) < 4.78 is 7.49. The predicted molar refractivity (Wildman–Crippen MR) is 60.9 cm³/mol. The molecule has 0 aliphatic heterocycles. The molecule has 0 unspecified atom stereocenters. The molecule has 0 saturated heterocycles. The van der Waals surface area contributed by atoms with Gasteiger partial charge < -0.3 is 4.74 Å². The molecule has 0 aliphatic rings. The van der Waals surface area contributed by atoms with E-state index in [1.807, 2.05) is 11.3 Å². The van der Waals surface area contributed by atoms with Crippen LogP contribution in [0.25, 0.3) is 5.52 Å². The quantitative estimate of drug-likeness (QED) is 0.790. The standard InChI is InChI=1S/C10H10BrN3O2/c1-6-9-10(11)13-8(5-16-7(2)15)14(9)4-3-12-6/h3-4H,5H2,1-2H3. The van der Waals surface area contributed by atoms with E-state index in [1.165, 1.54) is 6.92 Å². The zero-order chi connectivity index (χ0) is 11.7. The molecule has 0 amide bonds. The summed E-state index contributed by atoms with van der Waals surface area (Å²) in [6.45, 7) is 3.43. The fraction of sp³-hybridized carbons (Fsp3) is 0.300. The fourth-order valence-electron chi connectivity index (χ4n) is 1.47. The molecule has 2 rings (SSSR count). The largest absolute Gasteiger partial charge is 0.458 e. The number of aryl methyl sites for hydroxylation is 1. The molecule has 84 valence electrons. The molecule has 0 aliphatic carbocycles. The van der Waals surface area contributed by atoms with Crippen molar-refractivity contribution >= 4 is 27.4 Å². The van der Waals surface area contributed by atoms with Crippen molar-refractivity contribution in [2.24, 2.45) is 0 Å². The van der Waals surface area contributed by atoms with E-state index in [2.05, 4.69) is 25.9 Å². The number of imidazole rings is 1. The third-order valence-electron chi connectivity index (χ3n) is 2.17. The van der Waals surface area contributed by atoms with Gasteiger partial charge in [0.15, 0.2) is 5.82 Å². The average molecular weight is 284 g/mol. The molecule has 0 atom stereocenters. The topological polar surface area (TPSA) is 56.5 Å². The lowest BCUT2D eigenvalue weighted by Gasteiger charge is -2.02. The van der Waals surface area contributed by atoms with Crippen molar-refractivity contribution in [3.63, 3.8) is 0 Å². The first-order valence-electron chi connectivity index (χ1n) is 4.71. The fourth-order valence-corrected chi connectivity index (χ4v) is 2.16. The van der Waals surface area contributed by atoms with Gasteiger partial charge in [0.1, 0.15) is 16.7 Å². The van der Waals surface area contributed by atoms with Crippen molar-refractivity contribution in [3.8, 4) is 0 Å². The van der Waals surface area contributed by atoms with Crippen LogP contribution in [0.4, 0.5) is 0 Å². The summed E-state index contributed by atoms with van der Waals surface area (Å²) in [6, 6.07) is 0. The molecule has 0 N–H and O–H groups in total. The highest BCUT2D eigenvalue weighted by atomic mass is 79.9. The van der Waals surface area contributed by atoms with Gasteiger partial charge in [0.05, 0.1) is 5.69 Å². The van der Waals surface area contributed by atoms with Gasteiger partial charge in [-0.15, -0.1) is 0 Å². The zero-order valence-electron chi connectivity index (χ0n) is 8.90. The van der Waals surface area contributed by atoms with Crippen LogP contribution in [0.2, 0.25) is 0 Å². The summed E-state index contributed by atoms with van der Waals surface area (Å²) in [7, 11) is 0. The minimum Gasteiger partial charge on any atom is -0.458 e. The normalized spacial score (nSPS) is 10.7. The molecule has 0 bridgehead atoms. The molecule has 2 aromatic rings. The maximum absolute atomic E-state index is 10.7. The Labute approximate surface area is 101 Å². The summed E-state index contributed by atoms with van der Waals surface area (Å²) in [5.74, 6) is 0.348. The summed E-state index contributed by atoms with van der Waals surface area (Å²) in [5, 5.41) is 0. The SMILES string of the molecule is CC(=O)OCc1nc(Br)c2c(C)nccn12. The van der Waals surface area contributed by atoms with Crippen LogP contribution >= 0.6 is 15.9 Å². The number of halogens is 1. The lowest BCUT2D eigenvalue weighted by atomic mass is 10.4. The molecule has 0 aromatic carbocycles. The minimum atomic E-state index is -0.321. The lowest BCUT2D eigenvalue weighted by molar-refractivity contribution is -0.142. The predicted octanol–water partition coefficient (Wildman–Crippen LogP) is 1.86. The van der Waals surface area contributed by atoms with Gasteiger partial charge in [0, 0.05) is 19.3 Å². The van der Waals surface area contributed by atoms with Gasteiger partial charge in [0.25, 0.3) is 0 Å².